The zero-order valence-corrected chi connectivity index (χ0v) is 12.1. The number of aliphatic imine (C=N–C) groups is 1. The number of pyridine rings is 1. The second-order valence-electron chi connectivity index (χ2n) is 4.57. The van der Waals surface area contributed by atoms with Gasteiger partial charge in [0.2, 0.25) is 5.91 Å². The van der Waals surface area contributed by atoms with E-state index in [1.807, 2.05) is 13.0 Å². The summed E-state index contributed by atoms with van der Waals surface area (Å²) in [4.78, 5) is 19.9. The Labute approximate surface area is 119 Å². The van der Waals surface area contributed by atoms with E-state index < -0.39 is 0 Å². The molecule has 0 saturated carbocycles. The fourth-order valence-electron chi connectivity index (χ4n) is 1.46. The number of hydrogen-bond acceptors (Lipinski definition) is 3. The van der Waals surface area contributed by atoms with Crippen LogP contribution in [0.1, 0.15) is 31.7 Å². The molecule has 0 atom stereocenters. The van der Waals surface area contributed by atoms with Gasteiger partial charge in [0.25, 0.3) is 0 Å². The lowest BCUT2D eigenvalue weighted by atomic mass is 10.3. The molecule has 0 unspecified atom stereocenters. The fraction of sp³-hybridized carbons (Fsp3) is 0.500. The highest BCUT2D eigenvalue weighted by atomic mass is 16.1. The van der Waals surface area contributed by atoms with Gasteiger partial charge in [-0.1, -0.05) is 19.4 Å². The average molecular weight is 277 g/mol. The van der Waals surface area contributed by atoms with Crippen molar-refractivity contribution in [1.29, 1.82) is 0 Å². The molecule has 1 aromatic rings. The van der Waals surface area contributed by atoms with Gasteiger partial charge in [0.15, 0.2) is 5.96 Å². The predicted octanol–water partition coefficient (Wildman–Crippen LogP) is 1.42. The third-order valence-corrected chi connectivity index (χ3v) is 2.63. The van der Waals surface area contributed by atoms with Crippen molar-refractivity contribution in [2.24, 2.45) is 10.7 Å². The van der Waals surface area contributed by atoms with Crippen LogP contribution in [0, 0.1) is 6.92 Å². The van der Waals surface area contributed by atoms with Crippen LogP contribution in [0.15, 0.2) is 23.3 Å². The van der Waals surface area contributed by atoms with E-state index in [4.69, 9.17) is 5.73 Å². The molecular formula is C14H23N5O. The summed E-state index contributed by atoms with van der Waals surface area (Å²) in [5, 5.41) is 5.64. The molecule has 0 aliphatic carbocycles. The molecule has 0 aliphatic rings. The Hall–Kier alpha value is -2.11. The minimum Gasteiger partial charge on any atom is -0.370 e. The highest BCUT2D eigenvalue weighted by Crippen LogP contribution is 2.03. The molecule has 0 saturated heterocycles. The molecule has 1 rings (SSSR count). The number of rotatable bonds is 7. The highest BCUT2D eigenvalue weighted by molar-refractivity contribution is 5.90. The third-order valence-electron chi connectivity index (χ3n) is 2.63. The smallest absolute Gasteiger partial charge is 0.227 e. The Bertz CT molecular complexity index is 441. The summed E-state index contributed by atoms with van der Waals surface area (Å²) in [6, 6.07) is 3.68. The second kappa shape index (κ2) is 8.90. The number of unbranched alkanes of at least 4 members (excludes halogenated alkanes) is 1. The summed E-state index contributed by atoms with van der Waals surface area (Å²) in [7, 11) is 0. The van der Waals surface area contributed by atoms with E-state index in [1.54, 1.807) is 12.3 Å². The first-order chi connectivity index (χ1) is 9.61. The van der Waals surface area contributed by atoms with Crippen LogP contribution in [0.2, 0.25) is 0 Å². The highest BCUT2D eigenvalue weighted by Gasteiger charge is 2.03. The fourth-order valence-corrected chi connectivity index (χ4v) is 1.46. The van der Waals surface area contributed by atoms with Crippen LogP contribution in [-0.4, -0.2) is 29.9 Å². The number of anilines is 1. The van der Waals surface area contributed by atoms with E-state index >= 15 is 0 Å². The van der Waals surface area contributed by atoms with Gasteiger partial charge in [-0.3, -0.25) is 9.79 Å². The van der Waals surface area contributed by atoms with Crippen LogP contribution in [0.5, 0.6) is 0 Å². The van der Waals surface area contributed by atoms with Crippen LogP contribution < -0.4 is 16.4 Å². The zero-order valence-electron chi connectivity index (χ0n) is 12.1. The molecule has 0 aromatic carbocycles. The minimum atomic E-state index is -0.102. The lowest BCUT2D eigenvalue weighted by Crippen LogP contribution is -2.34. The normalized spacial score (nSPS) is 11.2. The summed E-state index contributed by atoms with van der Waals surface area (Å²) >= 11 is 0. The summed E-state index contributed by atoms with van der Waals surface area (Å²) in [5.74, 6) is 0.847. The quantitative estimate of drug-likeness (QED) is 0.399. The molecule has 0 radical (unpaired) electrons. The molecule has 4 N–H and O–H groups in total. The number of nitrogens with one attached hydrogen (secondary N) is 2. The molecule has 20 heavy (non-hydrogen) atoms. The van der Waals surface area contributed by atoms with Crippen molar-refractivity contribution in [2.75, 3.05) is 18.4 Å². The van der Waals surface area contributed by atoms with Gasteiger partial charge in [-0.25, -0.2) is 4.98 Å². The van der Waals surface area contributed by atoms with E-state index in [9.17, 15) is 4.79 Å². The zero-order chi connectivity index (χ0) is 14.8. The Kier molecular flexibility index (Phi) is 7.10. The van der Waals surface area contributed by atoms with Crippen molar-refractivity contribution in [3.8, 4) is 0 Å². The number of nitrogens with zero attached hydrogens (tertiary/aromatic N) is 2. The van der Waals surface area contributed by atoms with Gasteiger partial charge in [-0.2, -0.15) is 0 Å². The van der Waals surface area contributed by atoms with Crippen molar-refractivity contribution in [3.63, 3.8) is 0 Å². The number of carbonyl (C=O) groups is 1. The van der Waals surface area contributed by atoms with E-state index in [-0.39, 0.29) is 5.91 Å². The van der Waals surface area contributed by atoms with E-state index in [1.165, 1.54) is 0 Å². The lowest BCUT2D eigenvalue weighted by Gasteiger charge is -2.06. The molecule has 1 amide bonds. The first-order valence-electron chi connectivity index (χ1n) is 6.88. The largest absolute Gasteiger partial charge is 0.370 e. The number of guanidine groups is 1. The molecule has 0 aliphatic heterocycles. The monoisotopic (exact) mass is 277 g/mol. The van der Waals surface area contributed by atoms with Crippen molar-refractivity contribution in [3.05, 3.63) is 23.9 Å². The minimum absolute atomic E-state index is 0.102. The summed E-state index contributed by atoms with van der Waals surface area (Å²) in [5.41, 5.74) is 6.72. The number of aryl methyl sites for hydroxylation is 1. The van der Waals surface area contributed by atoms with Crippen molar-refractivity contribution in [2.45, 2.75) is 33.1 Å². The maximum atomic E-state index is 11.7. The van der Waals surface area contributed by atoms with Gasteiger partial charge in [0.05, 0.1) is 0 Å². The molecule has 6 heteroatoms. The van der Waals surface area contributed by atoms with Gasteiger partial charge >= 0.3 is 0 Å². The van der Waals surface area contributed by atoms with Gasteiger partial charge < -0.3 is 16.4 Å². The van der Waals surface area contributed by atoms with Gasteiger partial charge in [-0.15, -0.1) is 0 Å². The number of nitrogens with two attached hydrogens (primary N) is 1. The van der Waals surface area contributed by atoms with Crippen LogP contribution in [-0.2, 0) is 4.79 Å². The van der Waals surface area contributed by atoms with Crippen LogP contribution in [0.3, 0.4) is 0 Å². The number of hydrogen-bond donors (Lipinski definition) is 3. The van der Waals surface area contributed by atoms with E-state index in [0.29, 0.717) is 24.7 Å². The van der Waals surface area contributed by atoms with Gasteiger partial charge in [-0.05, 0) is 25.0 Å². The van der Waals surface area contributed by atoms with Gasteiger partial charge in [0.1, 0.15) is 5.82 Å². The van der Waals surface area contributed by atoms with Crippen LogP contribution in [0.4, 0.5) is 5.82 Å². The van der Waals surface area contributed by atoms with Crippen LogP contribution in [0.25, 0.3) is 0 Å². The Morgan fingerprint density at radius 3 is 2.90 bits per heavy atom. The molecule has 0 bridgehead atoms. The summed E-state index contributed by atoms with van der Waals surface area (Å²) in [6.07, 6.45) is 4.14. The maximum Gasteiger partial charge on any atom is 0.227 e. The van der Waals surface area contributed by atoms with Gasteiger partial charge in [0, 0.05) is 25.7 Å². The number of amides is 1. The van der Waals surface area contributed by atoms with Crippen molar-refractivity contribution < 1.29 is 4.79 Å². The Morgan fingerprint density at radius 1 is 1.45 bits per heavy atom. The standard InChI is InChI=1S/C14H23N5O/c1-3-4-8-16-14(15)17-9-7-13(20)19-12-6-5-11(2)10-18-12/h5-6,10H,3-4,7-9H2,1-2H3,(H3,15,16,17)(H,18,19,20). The molecule has 110 valence electrons. The SMILES string of the molecule is CCCCN=C(N)NCCC(=O)Nc1ccc(C)cn1. The first-order valence-corrected chi connectivity index (χ1v) is 6.88. The maximum absolute atomic E-state index is 11.7. The average Bonchev–Trinajstić information content (AvgIpc) is 2.42. The van der Waals surface area contributed by atoms with Crippen molar-refractivity contribution >= 4 is 17.7 Å². The Morgan fingerprint density at radius 2 is 2.25 bits per heavy atom. The molecule has 1 heterocycles. The first kappa shape index (κ1) is 15.9. The molecule has 0 fully saturated rings. The third kappa shape index (κ3) is 6.72. The summed E-state index contributed by atoms with van der Waals surface area (Å²) in [6.45, 7) is 5.22. The molecule has 6 nitrogen and oxygen atoms in total. The lowest BCUT2D eigenvalue weighted by molar-refractivity contribution is -0.116. The van der Waals surface area contributed by atoms with Crippen LogP contribution >= 0.6 is 0 Å². The topological polar surface area (TPSA) is 92.4 Å². The number of aromatic nitrogens is 1. The Balaban J connectivity index is 2.23. The summed E-state index contributed by atoms with van der Waals surface area (Å²) < 4.78 is 0. The second-order valence-corrected chi connectivity index (χ2v) is 4.57. The predicted molar refractivity (Wildman–Crippen MR) is 81.6 cm³/mol. The molecule has 1 aromatic heterocycles. The molecular weight excluding hydrogens is 254 g/mol. The molecule has 0 spiro atoms. The van der Waals surface area contributed by atoms with E-state index in [2.05, 4.69) is 27.5 Å². The van der Waals surface area contributed by atoms with E-state index in [0.717, 1.165) is 24.9 Å². The number of carbonyl (C=O) groups excluding carboxylic acids is 1. The van der Waals surface area contributed by atoms with Crippen molar-refractivity contribution in [1.82, 2.24) is 10.3 Å².